The molecule has 7 heteroatoms. The van der Waals surface area contributed by atoms with Crippen LogP contribution in [0.1, 0.15) is 19.8 Å². The maximum Gasteiger partial charge on any atom is 0.234 e. The van der Waals surface area contributed by atoms with Crippen LogP contribution in [0, 0.1) is 11.3 Å². The van der Waals surface area contributed by atoms with E-state index in [1.54, 1.807) is 6.26 Å². The first-order valence-electron chi connectivity index (χ1n) is 5.48. The minimum atomic E-state index is -0.938. The van der Waals surface area contributed by atoms with Crippen molar-refractivity contribution in [3.05, 3.63) is 0 Å². The Hall–Kier alpha value is -1.11. The van der Waals surface area contributed by atoms with Crippen LogP contribution in [0.15, 0.2) is 5.16 Å². The maximum absolute atomic E-state index is 12.0. The van der Waals surface area contributed by atoms with Gasteiger partial charge in [0.25, 0.3) is 0 Å². The van der Waals surface area contributed by atoms with Gasteiger partial charge in [-0.3, -0.25) is 9.00 Å². The number of hydrogen-bond acceptors (Lipinski definition) is 4. The molecule has 0 aromatic carbocycles. The van der Waals surface area contributed by atoms with Crippen LogP contribution in [0.4, 0.5) is 0 Å². The third-order valence-electron chi connectivity index (χ3n) is 3.10. The molecular formula is C10H19N3O3S. The number of rotatable bonds is 5. The predicted molar refractivity (Wildman–Crippen MR) is 66.2 cm³/mol. The monoisotopic (exact) mass is 261 g/mol. The van der Waals surface area contributed by atoms with Crippen molar-refractivity contribution in [1.82, 2.24) is 5.32 Å². The number of amidine groups is 1. The zero-order chi connectivity index (χ0) is 13.1. The molecule has 1 atom stereocenters. The van der Waals surface area contributed by atoms with Crippen molar-refractivity contribution in [3.63, 3.8) is 0 Å². The van der Waals surface area contributed by atoms with E-state index in [9.17, 15) is 9.00 Å². The lowest BCUT2D eigenvalue weighted by molar-refractivity contribution is -0.133. The SMILES string of the molecule is CC1CC(C(=O)NCCS(C)=O)(C(N)=NO)C1. The number of carbonyl (C=O) groups is 1. The van der Waals surface area contributed by atoms with Crippen molar-refractivity contribution in [2.75, 3.05) is 18.6 Å². The molecule has 98 valence electrons. The summed E-state index contributed by atoms with van der Waals surface area (Å²) in [5.41, 5.74) is 4.72. The molecule has 0 bridgehead atoms. The molecule has 1 fully saturated rings. The van der Waals surface area contributed by atoms with Crippen LogP contribution in [-0.2, 0) is 15.6 Å². The van der Waals surface area contributed by atoms with Gasteiger partial charge < -0.3 is 16.3 Å². The third-order valence-corrected chi connectivity index (χ3v) is 3.88. The second kappa shape index (κ2) is 5.48. The Kier molecular flexibility index (Phi) is 4.50. The first-order valence-corrected chi connectivity index (χ1v) is 7.21. The van der Waals surface area contributed by atoms with Gasteiger partial charge in [0, 0.05) is 29.4 Å². The normalized spacial score (nSPS) is 30.5. The van der Waals surface area contributed by atoms with Crippen LogP contribution in [0.3, 0.4) is 0 Å². The Morgan fingerprint density at radius 2 is 2.24 bits per heavy atom. The first-order chi connectivity index (χ1) is 7.92. The van der Waals surface area contributed by atoms with E-state index in [2.05, 4.69) is 10.5 Å². The minimum absolute atomic E-state index is 0.0364. The van der Waals surface area contributed by atoms with Gasteiger partial charge in [0.2, 0.25) is 5.91 Å². The molecule has 17 heavy (non-hydrogen) atoms. The average molecular weight is 261 g/mol. The third kappa shape index (κ3) is 2.96. The molecule has 6 nitrogen and oxygen atoms in total. The van der Waals surface area contributed by atoms with Crippen LogP contribution >= 0.6 is 0 Å². The zero-order valence-corrected chi connectivity index (χ0v) is 10.9. The van der Waals surface area contributed by atoms with Gasteiger partial charge in [0.15, 0.2) is 5.84 Å². The molecule has 0 aromatic heterocycles. The number of hydrogen-bond donors (Lipinski definition) is 3. The fourth-order valence-electron chi connectivity index (χ4n) is 2.21. The van der Waals surface area contributed by atoms with Crippen LogP contribution in [-0.4, -0.2) is 39.7 Å². The lowest BCUT2D eigenvalue weighted by Gasteiger charge is -2.43. The largest absolute Gasteiger partial charge is 0.409 e. The summed E-state index contributed by atoms with van der Waals surface area (Å²) in [4.78, 5) is 12.0. The van der Waals surface area contributed by atoms with E-state index >= 15 is 0 Å². The highest BCUT2D eigenvalue weighted by Gasteiger charge is 2.51. The molecule has 0 aliphatic heterocycles. The lowest BCUT2D eigenvalue weighted by atomic mass is 9.61. The molecule has 1 amide bonds. The van der Waals surface area contributed by atoms with Crippen molar-refractivity contribution in [3.8, 4) is 0 Å². The highest BCUT2D eigenvalue weighted by molar-refractivity contribution is 7.84. The fraction of sp³-hybridized carbons (Fsp3) is 0.800. The maximum atomic E-state index is 12.0. The molecule has 0 aromatic rings. The van der Waals surface area contributed by atoms with Gasteiger partial charge in [-0.05, 0) is 18.8 Å². The van der Waals surface area contributed by atoms with Crippen molar-refractivity contribution >= 4 is 22.5 Å². The molecule has 1 aliphatic rings. The molecular weight excluding hydrogens is 242 g/mol. The number of amides is 1. The molecule has 0 saturated heterocycles. The molecule has 1 saturated carbocycles. The van der Waals surface area contributed by atoms with Crippen LogP contribution in [0.25, 0.3) is 0 Å². The van der Waals surface area contributed by atoms with Gasteiger partial charge in [-0.15, -0.1) is 0 Å². The van der Waals surface area contributed by atoms with E-state index in [1.165, 1.54) is 0 Å². The van der Waals surface area contributed by atoms with E-state index in [1.807, 2.05) is 6.92 Å². The van der Waals surface area contributed by atoms with E-state index in [0.717, 1.165) is 0 Å². The Morgan fingerprint density at radius 3 is 2.65 bits per heavy atom. The fourth-order valence-corrected chi connectivity index (χ4v) is 2.60. The van der Waals surface area contributed by atoms with Gasteiger partial charge in [-0.25, -0.2) is 0 Å². The molecule has 0 heterocycles. The summed E-state index contributed by atoms with van der Waals surface area (Å²) >= 11 is 0. The average Bonchev–Trinajstić information content (AvgIpc) is 2.22. The van der Waals surface area contributed by atoms with Crippen molar-refractivity contribution < 1.29 is 14.2 Å². The molecule has 1 aliphatic carbocycles. The van der Waals surface area contributed by atoms with Crippen LogP contribution in [0.2, 0.25) is 0 Å². The quantitative estimate of drug-likeness (QED) is 0.272. The number of oxime groups is 1. The summed E-state index contributed by atoms with van der Waals surface area (Å²) in [5.74, 6) is 0.525. The molecule has 1 rings (SSSR count). The number of nitrogens with two attached hydrogens (primary N) is 1. The molecule has 1 unspecified atom stereocenters. The smallest absolute Gasteiger partial charge is 0.234 e. The number of carbonyl (C=O) groups excluding carboxylic acids is 1. The van der Waals surface area contributed by atoms with Gasteiger partial charge >= 0.3 is 0 Å². The van der Waals surface area contributed by atoms with Crippen molar-refractivity contribution in [1.29, 1.82) is 0 Å². The van der Waals surface area contributed by atoms with Crippen LogP contribution < -0.4 is 11.1 Å². The Morgan fingerprint density at radius 1 is 1.65 bits per heavy atom. The summed E-state index contributed by atoms with van der Waals surface area (Å²) in [6, 6.07) is 0. The summed E-state index contributed by atoms with van der Waals surface area (Å²) in [6.07, 6.45) is 2.75. The van der Waals surface area contributed by atoms with Gasteiger partial charge in [0.1, 0.15) is 5.41 Å². The Labute approximate surface area is 103 Å². The summed E-state index contributed by atoms with van der Waals surface area (Å²) < 4.78 is 10.9. The van der Waals surface area contributed by atoms with E-state index in [-0.39, 0.29) is 11.7 Å². The van der Waals surface area contributed by atoms with Crippen molar-refractivity contribution in [2.24, 2.45) is 22.2 Å². The highest BCUT2D eigenvalue weighted by Crippen LogP contribution is 2.45. The zero-order valence-electron chi connectivity index (χ0n) is 10.1. The Balaban J connectivity index is 2.60. The number of nitrogens with zero attached hydrogens (tertiary/aromatic N) is 1. The second-order valence-corrected chi connectivity index (χ2v) is 6.17. The van der Waals surface area contributed by atoms with E-state index < -0.39 is 16.2 Å². The lowest BCUT2D eigenvalue weighted by Crippen LogP contribution is -2.57. The second-order valence-electron chi connectivity index (χ2n) is 4.61. The van der Waals surface area contributed by atoms with E-state index in [4.69, 9.17) is 10.9 Å². The molecule has 0 radical (unpaired) electrons. The number of nitrogens with one attached hydrogen (secondary N) is 1. The molecule has 0 spiro atoms. The molecule has 4 N–H and O–H groups in total. The summed E-state index contributed by atoms with van der Waals surface area (Å²) in [6.45, 7) is 2.36. The van der Waals surface area contributed by atoms with E-state index in [0.29, 0.717) is 31.1 Å². The minimum Gasteiger partial charge on any atom is -0.409 e. The standard InChI is InChI=1S/C10H19N3O3S/c1-7-5-10(6-7,8(11)13-15)9(14)12-3-4-17(2)16/h7,15H,3-6H2,1-2H3,(H2,11,13)(H,12,14). The van der Waals surface area contributed by atoms with Crippen LogP contribution in [0.5, 0.6) is 0 Å². The summed E-state index contributed by atoms with van der Waals surface area (Å²) in [7, 11) is -0.938. The topological polar surface area (TPSA) is 105 Å². The highest BCUT2D eigenvalue weighted by atomic mass is 32.2. The van der Waals surface area contributed by atoms with Gasteiger partial charge in [0.05, 0.1) is 0 Å². The first kappa shape index (κ1) is 14.0. The Bertz CT molecular complexity index is 351. The van der Waals surface area contributed by atoms with Crippen molar-refractivity contribution in [2.45, 2.75) is 19.8 Å². The van der Waals surface area contributed by atoms with Gasteiger partial charge in [-0.2, -0.15) is 0 Å². The summed E-state index contributed by atoms with van der Waals surface area (Å²) in [5, 5.41) is 14.4. The van der Waals surface area contributed by atoms with Gasteiger partial charge in [-0.1, -0.05) is 12.1 Å². The predicted octanol–water partition coefficient (Wildman–Crippen LogP) is -0.356.